The van der Waals surface area contributed by atoms with E-state index in [0.29, 0.717) is 18.9 Å². The highest BCUT2D eigenvalue weighted by Gasteiger charge is 2.36. The first-order valence-electron chi connectivity index (χ1n) is 8.29. The van der Waals surface area contributed by atoms with E-state index >= 15 is 0 Å². The first-order chi connectivity index (χ1) is 11.8. The normalized spacial score (nSPS) is 21.9. The molecule has 0 saturated carbocycles. The fraction of sp³-hybridized carbons (Fsp3) is 0.300. The van der Waals surface area contributed by atoms with Crippen molar-refractivity contribution in [2.24, 2.45) is 0 Å². The molecule has 0 amide bonds. The lowest BCUT2D eigenvalue weighted by molar-refractivity contribution is 0.0319. The molecule has 0 spiro atoms. The molecule has 2 heterocycles. The van der Waals surface area contributed by atoms with Crippen LogP contribution in [0.5, 0.6) is 0 Å². The van der Waals surface area contributed by atoms with Crippen molar-refractivity contribution in [3.63, 3.8) is 0 Å². The topological polar surface area (TPSA) is 32.8 Å². The first kappa shape index (κ1) is 15.2. The van der Waals surface area contributed by atoms with Crippen LogP contribution in [0.15, 0.2) is 54.4 Å². The van der Waals surface area contributed by atoms with Crippen LogP contribution in [-0.2, 0) is 9.53 Å². The van der Waals surface area contributed by atoms with Gasteiger partial charge in [-0.2, -0.15) is 0 Å². The fourth-order valence-corrected chi connectivity index (χ4v) is 3.72. The van der Waals surface area contributed by atoms with Crippen LogP contribution in [0.1, 0.15) is 5.56 Å². The Kier molecular flexibility index (Phi) is 3.95. The van der Waals surface area contributed by atoms with Gasteiger partial charge in [-0.05, 0) is 16.3 Å². The molecule has 0 aromatic heterocycles. The SMILES string of the molecule is CN1C=C(c2cccc3ccccc23)C(N2CCOCC2)C1=C=O. The molecule has 1 fully saturated rings. The second-order valence-corrected chi connectivity index (χ2v) is 6.26. The maximum absolute atomic E-state index is 11.6. The molecule has 2 aliphatic heterocycles. The van der Waals surface area contributed by atoms with Crippen LogP contribution in [0, 0.1) is 0 Å². The smallest absolute Gasteiger partial charge is 0.148 e. The minimum absolute atomic E-state index is 0.0535. The van der Waals surface area contributed by atoms with Gasteiger partial charge < -0.3 is 9.64 Å². The number of benzene rings is 2. The summed E-state index contributed by atoms with van der Waals surface area (Å²) in [5.74, 6) is 2.17. The molecule has 0 bridgehead atoms. The molecular weight excluding hydrogens is 300 g/mol. The Labute approximate surface area is 141 Å². The van der Waals surface area contributed by atoms with Gasteiger partial charge in [-0.1, -0.05) is 42.5 Å². The van der Waals surface area contributed by atoms with Gasteiger partial charge in [-0.3, -0.25) is 4.90 Å². The summed E-state index contributed by atoms with van der Waals surface area (Å²) in [5, 5.41) is 2.42. The van der Waals surface area contributed by atoms with Gasteiger partial charge in [-0.25, -0.2) is 4.79 Å². The van der Waals surface area contributed by atoms with E-state index in [1.807, 2.05) is 11.9 Å². The van der Waals surface area contributed by atoms with E-state index < -0.39 is 0 Å². The van der Waals surface area contributed by atoms with E-state index in [4.69, 9.17) is 4.74 Å². The standard InChI is InChI=1S/C20H20N2O2/c1-21-13-18(17-8-4-6-15-5-2-3-7-16(15)17)20(19(21)14-23)22-9-11-24-12-10-22/h2-8,13,20H,9-12H2,1H3. The van der Waals surface area contributed by atoms with Gasteiger partial charge in [-0.15, -0.1) is 0 Å². The Morgan fingerprint density at radius 2 is 1.83 bits per heavy atom. The van der Waals surface area contributed by atoms with Crippen LogP contribution in [0.2, 0.25) is 0 Å². The quantitative estimate of drug-likeness (QED) is 0.796. The van der Waals surface area contributed by atoms with Crippen LogP contribution >= 0.6 is 0 Å². The van der Waals surface area contributed by atoms with E-state index in [2.05, 4.69) is 59.5 Å². The van der Waals surface area contributed by atoms with Gasteiger partial charge in [0, 0.05) is 31.9 Å². The largest absolute Gasteiger partial charge is 0.379 e. The van der Waals surface area contributed by atoms with Crippen molar-refractivity contribution in [3.05, 3.63) is 59.9 Å². The monoisotopic (exact) mass is 320 g/mol. The molecule has 4 rings (SSSR count). The molecule has 4 nitrogen and oxygen atoms in total. The van der Waals surface area contributed by atoms with Crippen molar-refractivity contribution in [2.75, 3.05) is 33.4 Å². The summed E-state index contributed by atoms with van der Waals surface area (Å²) in [5.41, 5.74) is 3.02. The molecule has 2 aliphatic rings. The maximum atomic E-state index is 11.6. The van der Waals surface area contributed by atoms with Crippen LogP contribution in [0.4, 0.5) is 0 Å². The summed E-state index contributed by atoms with van der Waals surface area (Å²) in [4.78, 5) is 15.8. The van der Waals surface area contributed by atoms with Crippen molar-refractivity contribution >= 4 is 22.3 Å². The van der Waals surface area contributed by atoms with Gasteiger partial charge in [0.1, 0.15) is 11.6 Å². The predicted octanol–water partition coefficient (Wildman–Crippen LogP) is 2.54. The average Bonchev–Trinajstić information content (AvgIpc) is 2.98. The van der Waals surface area contributed by atoms with Crippen molar-refractivity contribution < 1.29 is 9.53 Å². The predicted molar refractivity (Wildman–Crippen MR) is 95.1 cm³/mol. The van der Waals surface area contributed by atoms with E-state index in [0.717, 1.165) is 18.7 Å². The zero-order chi connectivity index (χ0) is 16.5. The van der Waals surface area contributed by atoms with Gasteiger partial charge >= 0.3 is 0 Å². The summed E-state index contributed by atoms with van der Waals surface area (Å²) >= 11 is 0. The number of nitrogens with zero attached hydrogens (tertiary/aromatic N) is 2. The van der Waals surface area contributed by atoms with Crippen molar-refractivity contribution in [1.82, 2.24) is 9.80 Å². The van der Waals surface area contributed by atoms with E-state index in [9.17, 15) is 4.79 Å². The lowest BCUT2D eigenvalue weighted by atomic mass is 9.93. The van der Waals surface area contributed by atoms with Gasteiger partial charge in [0.2, 0.25) is 0 Å². The summed E-state index contributed by atoms with van der Waals surface area (Å²) in [6.45, 7) is 3.06. The van der Waals surface area contributed by atoms with Gasteiger partial charge in [0.25, 0.3) is 0 Å². The molecule has 4 heteroatoms. The molecule has 0 aliphatic carbocycles. The molecular formula is C20H20N2O2. The van der Waals surface area contributed by atoms with Gasteiger partial charge in [0.15, 0.2) is 0 Å². The van der Waals surface area contributed by atoms with E-state index in [1.165, 1.54) is 16.3 Å². The molecule has 1 unspecified atom stereocenters. The molecule has 0 N–H and O–H groups in total. The zero-order valence-electron chi connectivity index (χ0n) is 13.7. The summed E-state index contributed by atoms with van der Waals surface area (Å²) in [7, 11) is 1.92. The summed E-state index contributed by atoms with van der Waals surface area (Å²) < 4.78 is 5.48. The third-order valence-electron chi connectivity index (χ3n) is 4.88. The Morgan fingerprint density at radius 1 is 1.08 bits per heavy atom. The number of carbonyl (C=O) groups excluding carboxylic acids is 1. The molecule has 24 heavy (non-hydrogen) atoms. The van der Waals surface area contributed by atoms with Gasteiger partial charge in [0.05, 0.1) is 19.3 Å². The van der Waals surface area contributed by atoms with Crippen molar-refractivity contribution in [2.45, 2.75) is 6.04 Å². The van der Waals surface area contributed by atoms with Crippen LogP contribution in [0.3, 0.4) is 0 Å². The van der Waals surface area contributed by atoms with Crippen LogP contribution in [-0.4, -0.2) is 55.1 Å². The van der Waals surface area contributed by atoms with Crippen molar-refractivity contribution in [3.8, 4) is 0 Å². The molecule has 1 saturated heterocycles. The number of hydrogen-bond donors (Lipinski definition) is 0. The number of rotatable bonds is 2. The number of hydrogen-bond acceptors (Lipinski definition) is 4. The molecule has 122 valence electrons. The molecule has 1 atom stereocenters. The van der Waals surface area contributed by atoms with E-state index in [1.54, 1.807) is 0 Å². The molecule has 2 aromatic rings. The highest BCUT2D eigenvalue weighted by atomic mass is 16.5. The Balaban J connectivity index is 1.84. The van der Waals surface area contributed by atoms with Crippen molar-refractivity contribution in [1.29, 1.82) is 0 Å². The van der Waals surface area contributed by atoms with Crippen LogP contribution in [0.25, 0.3) is 16.3 Å². The average molecular weight is 320 g/mol. The lowest BCUT2D eigenvalue weighted by Gasteiger charge is -2.34. The zero-order valence-corrected chi connectivity index (χ0v) is 13.7. The molecule has 2 aromatic carbocycles. The lowest BCUT2D eigenvalue weighted by Crippen LogP contribution is -2.45. The van der Waals surface area contributed by atoms with E-state index in [-0.39, 0.29) is 6.04 Å². The number of likely N-dealkylation sites (N-methyl/N-ethyl adjacent to an activating group) is 1. The molecule has 0 radical (unpaired) electrons. The Hall–Kier alpha value is -2.39. The highest BCUT2D eigenvalue weighted by molar-refractivity contribution is 5.96. The highest BCUT2D eigenvalue weighted by Crippen LogP contribution is 2.37. The Morgan fingerprint density at radius 3 is 2.62 bits per heavy atom. The summed E-state index contributed by atoms with van der Waals surface area (Å²) in [6, 6.07) is 14.7. The van der Waals surface area contributed by atoms with Crippen LogP contribution < -0.4 is 0 Å². The minimum atomic E-state index is -0.0535. The number of ether oxygens (including phenoxy) is 1. The number of morpholine rings is 1. The second-order valence-electron chi connectivity index (χ2n) is 6.26. The second kappa shape index (κ2) is 6.25. The summed E-state index contributed by atoms with van der Waals surface area (Å²) in [6.07, 6.45) is 2.07. The minimum Gasteiger partial charge on any atom is -0.379 e. The third-order valence-corrected chi connectivity index (χ3v) is 4.88. The fourth-order valence-electron chi connectivity index (χ4n) is 3.72. The number of fused-ring (bicyclic) bond motifs is 1. The third kappa shape index (κ3) is 2.45. The Bertz CT molecular complexity index is 840. The first-order valence-corrected chi connectivity index (χ1v) is 8.29. The maximum Gasteiger partial charge on any atom is 0.148 e.